The average molecular weight is 248 g/mol. The van der Waals surface area contributed by atoms with Crippen LogP contribution in [0.4, 0.5) is 5.82 Å². The molecule has 0 bridgehead atoms. The number of pyridine rings is 1. The van der Waals surface area contributed by atoms with Gasteiger partial charge in [-0.15, -0.1) is 0 Å². The second-order valence-electron chi connectivity index (χ2n) is 6.13. The van der Waals surface area contributed by atoms with Gasteiger partial charge in [0.25, 0.3) is 0 Å². The maximum Gasteiger partial charge on any atom is 0.128 e. The van der Waals surface area contributed by atoms with E-state index in [1.54, 1.807) is 13.1 Å². The van der Waals surface area contributed by atoms with Crippen LogP contribution in [0.1, 0.15) is 51.7 Å². The van der Waals surface area contributed by atoms with Crippen LogP contribution in [0.15, 0.2) is 18.3 Å². The van der Waals surface area contributed by atoms with Crippen LogP contribution in [0, 0.1) is 5.41 Å². The molecule has 1 unspecified atom stereocenters. The molecule has 0 amide bonds. The van der Waals surface area contributed by atoms with Crippen molar-refractivity contribution in [3.8, 4) is 0 Å². The van der Waals surface area contributed by atoms with Crippen molar-refractivity contribution in [2.24, 2.45) is 5.41 Å². The predicted molar refractivity (Wildman–Crippen MR) is 74.7 cm³/mol. The Balaban J connectivity index is 2.13. The summed E-state index contributed by atoms with van der Waals surface area (Å²) in [5, 5.41) is 9.64. The molecular weight excluding hydrogens is 224 g/mol. The fourth-order valence-electron chi connectivity index (χ4n) is 2.52. The van der Waals surface area contributed by atoms with Crippen LogP contribution in [0.3, 0.4) is 0 Å². The third-order valence-electron chi connectivity index (χ3n) is 3.92. The van der Waals surface area contributed by atoms with Gasteiger partial charge in [-0.2, -0.15) is 0 Å². The van der Waals surface area contributed by atoms with Gasteiger partial charge >= 0.3 is 0 Å². The van der Waals surface area contributed by atoms with Crippen molar-refractivity contribution in [2.75, 3.05) is 18.0 Å². The maximum absolute atomic E-state index is 9.64. The lowest BCUT2D eigenvalue weighted by Gasteiger charge is -2.24. The summed E-state index contributed by atoms with van der Waals surface area (Å²) in [4.78, 5) is 6.80. The summed E-state index contributed by atoms with van der Waals surface area (Å²) >= 11 is 0. The zero-order chi connectivity index (χ0) is 13.2. The summed E-state index contributed by atoms with van der Waals surface area (Å²) in [7, 11) is 0. The van der Waals surface area contributed by atoms with E-state index >= 15 is 0 Å². The summed E-state index contributed by atoms with van der Waals surface area (Å²) in [6, 6.07) is 3.90. The highest BCUT2D eigenvalue weighted by Crippen LogP contribution is 2.31. The lowest BCUT2D eigenvalue weighted by molar-refractivity contribution is 0.199. The Morgan fingerprint density at radius 1 is 1.33 bits per heavy atom. The van der Waals surface area contributed by atoms with E-state index in [2.05, 4.69) is 23.7 Å². The number of hydrogen-bond donors (Lipinski definition) is 1. The molecular formula is C15H24N2O. The number of hydrogen-bond acceptors (Lipinski definition) is 3. The van der Waals surface area contributed by atoms with Crippen LogP contribution in [-0.4, -0.2) is 23.2 Å². The molecule has 1 N–H and O–H groups in total. The van der Waals surface area contributed by atoms with Crippen molar-refractivity contribution >= 4 is 5.82 Å². The zero-order valence-electron chi connectivity index (χ0n) is 11.7. The van der Waals surface area contributed by atoms with Gasteiger partial charge in [0.2, 0.25) is 0 Å². The fourth-order valence-corrected chi connectivity index (χ4v) is 2.52. The molecule has 1 aliphatic heterocycles. The molecule has 1 aromatic rings. The van der Waals surface area contributed by atoms with Crippen LogP contribution in [0.5, 0.6) is 0 Å². The molecule has 1 aliphatic rings. The molecule has 1 fully saturated rings. The first kappa shape index (κ1) is 13.3. The highest BCUT2D eigenvalue weighted by molar-refractivity contribution is 5.41. The van der Waals surface area contributed by atoms with Crippen molar-refractivity contribution in [1.82, 2.24) is 4.98 Å². The number of anilines is 1. The summed E-state index contributed by atoms with van der Waals surface area (Å²) in [5.41, 5.74) is 1.39. The molecule has 2 rings (SSSR count). The second kappa shape index (κ2) is 5.27. The number of nitrogens with zero attached hydrogens (tertiary/aromatic N) is 2. The topological polar surface area (TPSA) is 36.4 Å². The van der Waals surface area contributed by atoms with Crippen molar-refractivity contribution in [1.29, 1.82) is 0 Å². The first-order valence-corrected chi connectivity index (χ1v) is 6.87. The third-order valence-corrected chi connectivity index (χ3v) is 3.92. The van der Waals surface area contributed by atoms with Crippen molar-refractivity contribution in [2.45, 2.75) is 46.1 Å². The van der Waals surface area contributed by atoms with Gasteiger partial charge in [0.15, 0.2) is 0 Å². The smallest absolute Gasteiger partial charge is 0.128 e. The molecule has 100 valence electrons. The fraction of sp³-hybridized carbons (Fsp3) is 0.667. The normalized spacial score (nSPS) is 21.4. The minimum Gasteiger partial charge on any atom is -0.389 e. The van der Waals surface area contributed by atoms with E-state index < -0.39 is 6.10 Å². The van der Waals surface area contributed by atoms with Crippen LogP contribution in [-0.2, 0) is 0 Å². The molecule has 3 nitrogen and oxygen atoms in total. The molecule has 1 aromatic heterocycles. The van der Waals surface area contributed by atoms with Gasteiger partial charge in [0.1, 0.15) is 5.82 Å². The van der Waals surface area contributed by atoms with Gasteiger partial charge in [-0.1, -0.05) is 13.8 Å². The standard InChI is InChI=1S/C15H24N2O/c1-12(18)13-5-8-16-14(11-13)17-9-4-6-15(2,3)7-10-17/h5,8,11-12,18H,4,6-7,9-10H2,1-3H3. The highest BCUT2D eigenvalue weighted by Gasteiger charge is 2.23. The highest BCUT2D eigenvalue weighted by atomic mass is 16.3. The predicted octanol–water partition coefficient (Wildman–Crippen LogP) is 3.15. The first-order chi connectivity index (χ1) is 8.48. The molecule has 0 saturated carbocycles. The lowest BCUT2D eigenvalue weighted by atomic mass is 9.85. The average Bonchev–Trinajstić information content (AvgIpc) is 2.50. The Kier molecular flexibility index (Phi) is 3.91. The SMILES string of the molecule is CC(O)c1ccnc(N2CCCC(C)(C)CC2)c1. The van der Waals surface area contributed by atoms with E-state index in [4.69, 9.17) is 0 Å². The van der Waals surface area contributed by atoms with Crippen LogP contribution >= 0.6 is 0 Å². The van der Waals surface area contributed by atoms with E-state index in [0.29, 0.717) is 5.41 Å². The largest absolute Gasteiger partial charge is 0.389 e. The molecule has 0 aromatic carbocycles. The van der Waals surface area contributed by atoms with E-state index in [1.165, 1.54) is 19.3 Å². The van der Waals surface area contributed by atoms with Gasteiger partial charge in [0.05, 0.1) is 6.10 Å². The first-order valence-electron chi connectivity index (χ1n) is 6.87. The monoisotopic (exact) mass is 248 g/mol. The van der Waals surface area contributed by atoms with E-state index in [0.717, 1.165) is 24.5 Å². The minimum absolute atomic E-state index is 0.421. The minimum atomic E-state index is -0.421. The number of rotatable bonds is 2. The third kappa shape index (κ3) is 3.22. The van der Waals surface area contributed by atoms with Crippen molar-refractivity contribution in [3.05, 3.63) is 23.9 Å². The van der Waals surface area contributed by atoms with Gasteiger partial charge in [-0.25, -0.2) is 4.98 Å². The van der Waals surface area contributed by atoms with Crippen LogP contribution in [0.2, 0.25) is 0 Å². The van der Waals surface area contributed by atoms with Crippen LogP contribution in [0.25, 0.3) is 0 Å². The van der Waals surface area contributed by atoms with E-state index in [9.17, 15) is 5.11 Å². The molecule has 1 atom stereocenters. The Bertz CT molecular complexity index is 401. The van der Waals surface area contributed by atoms with Crippen molar-refractivity contribution in [3.63, 3.8) is 0 Å². The van der Waals surface area contributed by atoms with Gasteiger partial charge < -0.3 is 10.0 Å². The molecule has 0 spiro atoms. The Labute approximate surface area is 110 Å². The second-order valence-corrected chi connectivity index (χ2v) is 6.13. The quantitative estimate of drug-likeness (QED) is 0.873. The Morgan fingerprint density at radius 2 is 2.11 bits per heavy atom. The number of aliphatic hydroxyl groups is 1. The van der Waals surface area contributed by atoms with Crippen LogP contribution < -0.4 is 4.90 Å². The molecule has 0 aliphatic carbocycles. The Morgan fingerprint density at radius 3 is 2.83 bits per heavy atom. The summed E-state index contributed by atoms with van der Waals surface area (Å²) in [6.45, 7) is 8.61. The molecule has 1 saturated heterocycles. The van der Waals surface area contributed by atoms with Gasteiger partial charge in [0, 0.05) is 19.3 Å². The molecule has 18 heavy (non-hydrogen) atoms. The van der Waals surface area contributed by atoms with E-state index in [-0.39, 0.29) is 0 Å². The summed E-state index contributed by atoms with van der Waals surface area (Å²) in [5.74, 6) is 1.01. The molecule has 0 radical (unpaired) electrons. The lowest BCUT2D eigenvalue weighted by Crippen LogP contribution is -2.26. The Hall–Kier alpha value is -1.09. The van der Waals surface area contributed by atoms with Gasteiger partial charge in [-0.05, 0) is 49.3 Å². The molecule has 2 heterocycles. The zero-order valence-corrected chi connectivity index (χ0v) is 11.7. The summed E-state index contributed by atoms with van der Waals surface area (Å²) in [6.07, 6.45) is 5.07. The van der Waals surface area contributed by atoms with E-state index in [1.807, 2.05) is 12.1 Å². The number of aromatic nitrogens is 1. The van der Waals surface area contributed by atoms with Crippen molar-refractivity contribution < 1.29 is 5.11 Å². The number of aliphatic hydroxyl groups excluding tert-OH is 1. The van der Waals surface area contributed by atoms with Gasteiger partial charge in [-0.3, -0.25) is 0 Å². The summed E-state index contributed by atoms with van der Waals surface area (Å²) < 4.78 is 0. The maximum atomic E-state index is 9.64. The molecule has 3 heteroatoms.